The molecule has 0 saturated heterocycles. The third-order valence-electron chi connectivity index (χ3n) is 22.2. The topological polar surface area (TPSA) is 453 Å². The number of phenols is 3. The molecule has 11 N–H and O–H groups in total. The van der Waals surface area contributed by atoms with Crippen LogP contribution in [0.3, 0.4) is 0 Å². The average molecular weight is 1900 g/mol. The maximum absolute atomic E-state index is 13.5. The molecular formula is C103H105ClN20O15. The van der Waals surface area contributed by atoms with Crippen molar-refractivity contribution in [2.45, 2.75) is 101 Å². The number of carbonyl (C=O) groups is 4. The Balaban J connectivity index is 0.000000156. The summed E-state index contributed by atoms with van der Waals surface area (Å²) in [6.45, 7) is 16.1. The van der Waals surface area contributed by atoms with Crippen LogP contribution < -0.4 is 83.7 Å². The van der Waals surface area contributed by atoms with Crippen molar-refractivity contribution in [2.24, 2.45) is 0 Å². The van der Waals surface area contributed by atoms with Gasteiger partial charge >= 0.3 is 0 Å². The maximum Gasteiger partial charge on any atom is 0.278 e. The fraction of sp³-hybridized carbons (Fsp3) is 0.223. The number of anilines is 4. The van der Waals surface area contributed by atoms with Crippen LogP contribution in [0.4, 0.5) is 23.3 Å². The Morgan fingerprint density at radius 3 is 1.21 bits per heavy atom. The van der Waals surface area contributed by atoms with E-state index in [1.165, 1.54) is 66.3 Å². The zero-order valence-electron chi connectivity index (χ0n) is 78.3. The second-order valence-corrected chi connectivity index (χ2v) is 32.5. The number of pyridine rings is 2. The Morgan fingerprint density at radius 2 is 0.727 bits per heavy atom. The average Bonchev–Trinajstić information content (AvgIpc) is 0.782. The van der Waals surface area contributed by atoms with E-state index in [9.17, 15) is 53.7 Å². The Hall–Kier alpha value is -17.1. The lowest BCUT2D eigenvalue weighted by molar-refractivity contribution is -0.119. The molecular weight excluding hydrogens is 1790 g/mol. The molecule has 0 atom stereocenters. The molecule has 0 unspecified atom stereocenters. The van der Waals surface area contributed by atoms with Crippen molar-refractivity contribution in [3.63, 3.8) is 0 Å². The summed E-state index contributed by atoms with van der Waals surface area (Å²) in [5, 5.41) is 53.3. The third kappa shape index (κ3) is 26.1. The van der Waals surface area contributed by atoms with Gasteiger partial charge in [0.1, 0.15) is 79.7 Å². The van der Waals surface area contributed by atoms with E-state index < -0.39 is 0 Å². The number of nitrogens with one attached hydrogen (secondary N) is 8. The number of aryl methyl sites for hydroxylation is 3. The molecule has 9 aromatic carbocycles. The predicted molar refractivity (Wildman–Crippen MR) is 537 cm³/mol. The van der Waals surface area contributed by atoms with Crippen LogP contribution in [0.2, 0.25) is 5.02 Å². The summed E-state index contributed by atoms with van der Waals surface area (Å²) in [4.78, 5) is 136. The number of hydrogen-bond acceptors (Lipinski definition) is 27. The summed E-state index contributed by atoms with van der Waals surface area (Å²) in [6.07, 6.45) is 3.18. The highest BCUT2D eigenvalue weighted by molar-refractivity contribution is 6.31. The van der Waals surface area contributed by atoms with Gasteiger partial charge in [-0.3, -0.25) is 47.5 Å². The largest absolute Gasteiger partial charge is 0.508 e. The smallest absolute Gasteiger partial charge is 0.278 e. The molecule has 35 nitrogen and oxygen atoms in total. The first-order valence-corrected chi connectivity index (χ1v) is 44.6. The third-order valence-corrected chi connectivity index (χ3v) is 22.6. The molecule has 7 heterocycles. The van der Waals surface area contributed by atoms with Crippen LogP contribution in [0, 0.1) is 20.8 Å². The van der Waals surface area contributed by atoms with E-state index in [-0.39, 0.29) is 107 Å². The number of nitrogens with zero attached hydrogens (tertiary/aromatic N) is 12. The fourth-order valence-electron chi connectivity index (χ4n) is 14.7. The van der Waals surface area contributed by atoms with E-state index in [0.717, 1.165) is 33.0 Å². The number of methoxy groups -OCH3 is 4. The lowest BCUT2D eigenvalue weighted by Crippen LogP contribution is -2.31. The van der Waals surface area contributed by atoms with Gasteiger partial charge in [-0.2, -0.15) is 4.98 Å². The van der Waals surface area contributed by atoms with Crippen LogP contribution in [-0.2, 0) is 71.5 Å². The lowest BCUT2D eigenvalue weighted by Gasteiger charge is -2.15. The van der Waals surface area contributed by atoms with Crippen molar-refractivity contribution in [3.05, 3.63) is 310 Å². The zero-order chi connectivity index (χ0) is 98.9. The SMILES string of the molecule is COc1ccc(-c2nc3ccc(NCc4ccc(Cl)c(C)c4)cc3n(CCNC(C)=O)c2=O)cc1.COc1ccc(-c2nc3ccc(NCc4ccc(O)cc4)nc3n(CCNC(C)=O)c2=O)cc1.COc1ccc(-c2nc3cnc(NCc4ccc(C)c(C)c4)cc3n(CCNC(C)=O)c2=O)cc1.COc1ccc(-c2nc3cnc(NCc4ccc(O)c(O)c4)nc3n(CCNC(C)=O)c2=O)cc1. The standard InChI is InChI=1S/C27H27ClN4O3.C27H29N5O3.C25H25N5O4.C24H24N6O5/c1-17-14-19(4-10-23(17)28)16-30-21-7-11-24-25(15-21)32(13-12-29-18(2)33)27(34)26(31-24)20-5-8-22(35-3)9-6-20;1-17-5-6-20(13-18(17)2)15-29-25-14-24-23(16-30-25)31-26(21-7-9-22(35-4)10-8-21)27(34)32(24)12-11-28-19(3)33;1-16(31)26-13-14-30-24-21(28-23(25(30)33)18-5-9-20(34-2)10-6-18)11-12-22(29-24)27-15-17-3-7-19(32)8-4-17;1-14(31)25-9-10-30-22-18(28-21(23(30)34)16-4-6-17(35-2)7-5-16)13-27-24(29-22)26-12-15-3-8-19(32)20(33)11-15/h4-11,14-15,30H,12-13,16H2,1-3H3,(H,29,33);5-10,13-14,16H,11-12,15H2,1-4H3,(H,28,33)(H,29,30);3-12,32H,13-15H2,1-2H3,(H,26,31)(H,27,29);3-8,11,13,32-33H,9-10,12H2,1-2H3,(H,25,31)(H,26,27,29). The highest BCUT2D eigenvalue weighted by atomic mass is 35.5. The van der Waals surface area contributed by atoms with Gasteiger partial charge in [0, 0.05) is 145 Å². The second-order valence-electron chi connectivity index (χ2n) is 32.1. The summed E-state index contributed by atoms with van der Waals surface area (Å²) in [5.41, 5.74) is 15.3. The van der Waals surface area contributed by atoms with Crippen LogP contribution in [0.15, 0.2) is 244 Å². The molecule has 0 spiro atoms. The van der Waals surface area contributed by atoms with Crippen LogP contribution in [0.25, 0.3) is 89.4 Å². The van der Waals surface area contributed by atoms with E-state index >= 15 is 0 Å². The Morgan fingerprint density at radius 1 is 0.338 bits per heavy atom. The molecule has 0 fully saturated rings. The number of rotatable bonds is 32. The molecule has 0 aliphatic rings. The van der Waals surface area contributed by atoms with Gasteiger partial charge < -0.3 is 85.9 Å². The van der Waals surface area contributed by atoms with Gasteiger partial charge in [0.15, 0.2) is 22.8 Å². The number of fused-ring (bicyclic) bond motifs is 4. The minimum Gasteiger partial charge on any atom is -0.508 e. The molecule has 0 bridgehead atoms. The molecule has 16 aromatic rings. The summed E-state index contributed by atoms with van der Waals surface area (Å²) in [5.74, 6) is 3.28. The Bertz CT molecular complexity index is 6890. The van der Waals surface area contributed by atoms with E-state index in [1.54, 1.807) is 153 Å². The first-order valence-electron chi connectivity index (χ1n) is 44.3. The van der Waals surface area contributed by atoms with Gasteiger partial charge in [-0.05, 0) is 217 Å². The molecule has 7 aromatic heterocycles. The van der Waals surface area contributed by atoms with Crippen LogP contribution in [0.5, 0.6) is 40.2 Å². The fourth-order valence-corrected chi connectivity index (χ4v) is 14.8. The molecule has 16 rings (SSSR count). The van der Waals surface area contributed by atoms with E-state index in [0.29, 0.717) is 170 Å². The van der Waals surface area contributed by atoms with Crippen molar-refractivity contribution in [2.75, 3.05) is 75.9 Å². The number of hydrogen-bond donors (Lipinski definition) is 11. The number of halogens is 1. The molecule has 0 aliphatic carbocycles. The monoisotopic (exact) mass is 1900 g/mol. The first kappa shape index (κ1) is 99.4. The summed E-state index contributed by atoms with van der Waals surface area (Å²) >= 11 is 6.14. The minimum atomic E-state index is -0.360. The zero-order valence-corrected chi connectivity index (χ0v) is 79.1. The number of phenolic OH excluding ortho intramolecular Hbond substituents is 3. The lowest BCUT2D eigenvalue weighted by atomic mass is 10.1. The Kier molecular flexibility index (Phi) is 33.4. The molecule has 36 heteroatoms. The second kappa shape index (κ2) is 46.7. The van der Waals surface area contributed by atoms with E-state index in [4.69, 9.17) is 30.5 Å². The normalized spacial score (nSPS) is 10.8. The van der Waals surface area contributed by atoms with Crippen LogP contribution in [-0.4, -0.2) is 152 Å². The van der Waals surface area contributed by atoms with Crippen LogP contribution in [0.1, 0.15) is 66.6 Å². The van der Waals surface area contributed by atoms with Gasteiger partial charge in [-0.25, -0.2) is 34.9 Å². The van der Waals surface area contributed by atoms with Crippen molar-refractivity contribution >= 4 is 103 Å². The molecule has 0 aliphatic heterocycles. The summed E-state index contributed by atoms with van der Waals surface area (Å²) in [7, 11) is 6.33. The van der Waals surface area contributed by atoms with Gasteiger partial charge in [-0.1, -0.05) is 60.1 Å². The van der Waals surface area contributed by atoms with Gasteiger partial charge in [0.25, 0.3) is 22.2 Å². The number of aromatic hydroxyl groups is 3. The first-order chi connectivity index (χ1) is 67.0. The number of carbonyl (C=O) groups excluding carboxylic acids is 4. The van der Waals surface area contributed by atoms with Gasteiger partial charge in [0.2, 0.25) is 29.6 Å². The molecule has 714 valence electrons. The quantitative estimate of drug-likeness (QED) is 0.0174. The highest BCUT2D eigenvalue weighted by Gasteiger charge is 2.22. The number of aromatic nitrogens is 12. The number of benzene rings is 9. The molecule has 139 heavy (non-hydrogen) atoms. The maximum atomic E-state index is 13.5. The summed E-state index contributed by atoms with van der Waals surface area (Å²) in [6, 6.07) is 63.3. The molecule has 0 saturated carbocycles. The van der Waals surface area contributed by atoms with Crippen LogP contribution >= 0.6 is 11.6 Å². The van der Waals surface area contributed by atoms with Crippen molar-refractivity contribution in [3.8, 4) is 85.3 Å². The van der Waals surface area contributed by atoms with E-state index in [1.807, 2.05) is 79.7 Å². The van der Waals surface area contributed by atoms with E-state index in [2.05, 4.69) is 114 Å². The molecule has 4 amide bonds. The Labute approximate surface area is 803 Å². The van der Waals surface area contributed by atoms with Gasteiger partial charge in [0.05, 0.1) is 57.4 Å². The number of amides is 4. The molecule has 0 radical (unpaired) electrons. The van der Waals surface area contributed by atoms with Gasteiger partial charge in [-0.15, -0.1) is 0 Å². The van der Waals surface area contributed by atoms with Crippen molar-refractivity contribution in [1.82, 2.24) is 79.4 Å². The van der Waals surface area contributed by atoms with Crippen molar-refractivity contribution in [1.29, 1.82) is 0 Å². The summed E-state index contributed by atoms with van der Waals surface area (Å²) < 4.78 is 27.1. The highest BCUT2D eigenvalue weighted by Crippen LogP contribution is 2.31. The van der Waals surface area contributed by atoms with Crippen molar-refractivity contribution < 1.29 is 53.4 Å². The minimum absolute atomic E-state index is 0.146. The number of ether oxygens (including phenoxy) is 4. The predicted octanol–water partition coefficient (Wildman–Crippen LogP) is 13.6.